The predicted molar refractivity (Wildman–Crippen MR) is 131 cm³/mol. The number of nitrogens with one attached hydrogen (secondary N) is 3. The Bertz CT molecular complexity index is 1090. The molecule has 2 aliphatic rings. The van der Waals surface area contributed by atoms with Crippen LogP contribution in [0, 0.1) is 0 Å². The molecule has 0 bridgehead atoms. The molecule has 1 unspecified atom stereocenters. The molecule has 9 nitrogen and oxygen atoms in total. The van der Waals surface area contributed by atoms with Gasteiger partial charge in [0.2, 0.25) is 5.95 Å². The van der Waals surface area contributed by atoms with Crippen molar-refractivity contribution >= 4 is 28.9 Å². The van der Waals surface area contributed by atoms with Gasteiger partial charge in [-0.25, -0.2) is 9.97 Å². The van der Waals surface area contributed by atoms with Crippen LogP contribution in [0.15, 0.2) is 60.8 Å². The van der Waals surface area contributed by atoms with Gasteiger partial charge in [0.25, 0.3) is 5.91 Å². The third kappa shape index (κ3) is 5.51. The third-order valence-electron chi connectivity index (χ3n) is 5.82. The van der Waals surface area contributed by atoms with Crippen LogP contribution in [0.5, 0.6) is 0 Å². The molecule has 3 heterocycles. The number of anilines is 4. The van der Waals surface area contributed by atoms with Crippen molar-refractivity contribution in [1.82, 2.24) is 15.3 Å². The monoisotopic (exact) mass is 460 g/mol. The van der Waals surface area contributed by atoms with Gasteiger partial charge in [-0.3, -0.25) is 4.79 Å². The average molecular weight is 461 g/mol. The number of hydrogen-bond donors (Lipinski definition) is 3. The Hall–Kier alpha value is -3.53. The Morgan fingerprint density at radius 2 is 1.74 bits per heavy atom. The largest absolute Gasteiger partial charge is 0.378 e. The highest BCUT2D eigenvalue weighted by molar-refractivity contribution is 5.94. The highest BCUT2D eigenvalue weighted by Crippen LogP contribution is 2.23. The van der Waals surface area contributed by atoms with E-state index in [9.17, 15) is 4.79 Å². The summed E-state index contributed by atoms with van der Waals surface area (Å²) in [6.07, 6.45) is 1.27. The molecule has 5 rings (SSSR count). The Morgan fingerprint density at radius 3 is 2.47 bits per heavy atom. The van der Waals surface area contributed by atoms with Crippen LogP contribution in [0.25, 0.3) is 11.3 Å². The Labute approximate surface area is 198 Å². The van der Waals surface area contributed by atoms with Crippen molar-refractivity contribution in [3.63, 3.8) is 0 Å². The van der Waals surface area contributed by atoms with Gasteiger partial charge >= 0.3 is 0 Å². The summed E-state index contributed by atoms with van der Waals surface area (Å²) in [6, 6.07) is 17.7. The maximum absolute atomic E-state index is 12.3. The Balaban J connectivity index is 1.21. The molecule has 0 aliphatic carbocycles. The second-order valence-corrected chi connectivity index (χ2v) is 8.17. The molecule has 2 fully saturated rings. The quantitative estimate of drug-likeness (QED) is 0.516. The van der Waals surface area contributed by atoms with E-state index in [1.165, 1.54) is 5.69 Å². The van der Waals surface area contributed by atoms with E-state index >= 15 is 0 Å². The zero-order chi connectivity index (χ0) is 23.2. The minimum Gasteiger partial charge on any atom is -0.378 e. The molecule has 9 heteroatoms. The fourth-order valence-electron chi connectivity index (χ4n) is 3.97. The maximum Gasteiger partial charge on any atom is 0.254 e. The van der Waals surface area contributed by atoms with Gasteiger partial charge in [-0.05, 0) is 42.5 Å². The first-order valence-electron chi connectivity index (χ1n) is 11.5. The predicted octanol–water partition coefficient (Wildman–Crippen LogP) is 2.65. The first-order chi connectivity index (χ1) is 16.7. The van der Waals surface area contributed by atoms with E-state index in [4.69, 9.17) is 9.47 Å². The smallest absolute Gasteiger partial charge is 0.254 e. The van der Waals surface area contributed by atoms with Crippen LogP contribution in [0.4, 0.5) is 23.0 Å². The lowest BCUT2D eigenvalue weighted by molar-refractivity contribution is -0.128. The number of carbonyl (C=O) groups is 1. The van der Waals surface area contributed by atoms with E-state index in [-0.39, 0.29) is 5.91 Å². The van der Waals surface area contributed by atoms with Crippen LogP contribution in [-0.2, 0) is 14.3 Å². The van der Waals surface area contributed by atoms with Crippen molar-refractivity contribution in [1.29, 1.82) is 0 Å². The zero-order valence-electron chi connectivity index (χ0n) is 18.9. The molecule has 2 saturated heterocycles. The third-order valence-corrected chi connectivity index (χ3v) is 5.82. The number of benzene rings is 2. The van der Waals surface area contributed by atoms with Crippen molar-refractivity contribution in [3.05, 3.63) is 60.8 Å². The van der Waals surface area contributed by atoms with Gasteiger partial charge in [0.1, 0.15) is 6.10 Å². The number of carbonyl (C=O) groups excluding carboxylic acids is 1. The van der Waals surface area contributed by atoms with E-state index in [0.29, 0.717) is 19.1 Å². The molecule has 1 aromatic heterocycles. The Kier molecular flexibility index (Phi) is 6.94. The highest BCUT2D eigenvalue weighted by atomic mass is 16.5. The van der Waals surface area contributed by atoms with Crippen LogP contribution < -0.4 is 20.9 Å². The summed E-state index contributed by atoms with van der Waals surface area (Å²) < 4.78 is 10.9. The molecule has 2 aliphatic heterocycles. The van der Waals surface area contributed by atoms with Crippen LogP contribution in [-0.4, -0.2) is 68.0 Å². The minimum atomic E-state index is -0.466. The highest BCUT2D eigenvalue weighted by Gasteiger charge is 2.21. The van der Waals surface area contributed by atoms with E-state index in [0.717, 1.165) is 55.5 Å². The van der Waals surface area contributed by atoms with Gasteiger partial charge in [0.15, 0.2) is 0 Å². The summed E-state index contributed by atoms with van der Waals surface area (Å²) in [5.41, 5.74) is 4.55. The van der Waals surface area contributed by atoms with Crippen molar-refractivity contribution in [2.24, 2.45) is 0 Å². The van der Waals surface area contributed by atoms with Gasteiger partial charge in [0.05, 0.1) is 25.5 Å². The molecule has 2 aromatic carbocycles. The number of amides is 1. The van der Waals surface area contributed by atoms with E-state index in [1.807, 2.05) is 42.5 Å². The van der Waals surface area contributed by atoms with Gasteiger partial charge in [-0.15, -0.1) is 0 Å². The SMILES string of the molecule is O=C(Nc1ccc(-c2ccnc(Nc3ccc(N4CCOCC4)cc3)n2)cc1)C1CNCCO1. The van der Waals surface area contributed by atoms with Crippen molar-refractivity contribution < 1.29 is 14.3 Å². The van der Waals surface area contributed by atoms with Crippen LogP contribution >= 0.6 is 0 Å². The van der Waals surface area contributed by atoms with Gasteiger partial charge < -0.3 is 30.3 Å². The first-order valence-corrected chi connectivity index (χ1v) is 11.5. The molecule has 0 saturated carbocycles. The van der Waals surface area contributed by atoms with Crippen LogP contribution in [0.1, 0.15) is 0 Å². The number of nitrogens with zero attached hydrogens (tertiary/aromatic N) is 3. The fourth-order valence-corrected chi connectivity index (χ4v) is 3.97. The number of ether oxygens (including phenoxy) is 2. The summed E-state index contributed by atoms with van der Waals surface area (Å²) in [5.74, 6) is 0.379. The first kappa shape index (κ1) is 22.3. The topological polar surface area (TPSA) is 101 Å². The molecule has 3 aromatic rings. The van der Waals surface area contributed by atoms with Crippen LogP contribution in [0.2, 0.25) is 0 Å². The zero-order valence-corrected chi connectivity index (χ0v) is 18.9. The lowest BCUT2D eigenvalue weighted by atomic mass is 10.1. The molecule has 1 amide bonds. The molecular formula is C25H28N6O3. The number of hydrogen-bond acceptors (Lipinski definition) is 8. The molecule has 176 valence electrons. The molecule has 3 N–H and O–H groups in total. The van der Waals surface area contributed by atoms with Crippen molar-refractivity contribution in [2.75, 3.05) is 61.5 Å². The maximum atomic E-state index is 12.3. The lowest BCUT2D eigenvalue weighted by Gasteiger charge is -2.28. The average Bonchev–Trinajstić information content (AvgIpc) is 2.91. The second kappa shape index (κ2) is 10.6. The van der Waals surface area contributed by atoms with Crippen molar-refractivity contribution in [2.45, 2.75) is 6.10 Å². The fraction of sp³-hybridized carbons (Fsp3) is 0.320. The van der Waals surface area contributed by atoms with E-state index in [1.54, 1.807) is 6.20 Å². The summed E-state index contributed by atoms with van der Waals surface area (Å²) in [4.78, 5) is 23.7. The van der Waals surface area contributed by atoms with Crippen molar-refractivity contribution in [3.8, 4) is 11.3 Å². The number of aromatic nitrogens is 2. The van der Waals surface area contributed by atoms with E-state index in [2.05, 4.69) is 43.0 Å². The minimum absolute atomic E-state index is 0.145. The lowest BCUT2D eigenvalue weighted by Crippen LogP contribution is -2.45. The second-order valence-electron chi connectivity index (χ2n) is 8.17. The summed E-state index contributed by atoms with van der Waals surface area (Å²) in [7, 11) is 0. The molecule has 0 spiro atoms. The summed E-state index contributed by atoms with van der Waals surface area (Å²) in [5, 5.41) is 9.34. The molecule has 0 radical (unpaired) electrons. The molecular weight excluding hydrogens is 432 g/mol. The number of rotatable bonds is 6. The van der Waals surface area contributed by atoms with Gasteiger partial charge in [-0.2, -0.15) is 0 Å². The molecule has 34 heavy (non-hydrogen) atoms. The van der Waals surface area contributed by atoms with Crippen LogP contribution in [0.3, 0.4) is 0 Å². The van der Waals surface area contributed by atoms with E-state index < -0.39 is 6.10 Å². The normalized spacial score (nSPS) is 18.4. The molecule has 1 atom stereocenters. The standard InChI is InChI=1S/C25H28N6O3/c32-24(23-17-26-11-14-34-23)28-19-3-1-18(2-4-19)22-9-10-27-25(30-22)29-20-5-7-21(8-6-20)31-12-15-33-16-13-31/h1-10,23,26H,11-17H2,(H,28,32)(H,27,29,30). The summed E-state index contributed by atoms with van der Waals surface area (Å²) in [6.45, 7) is 5.18. The summed E-state index contributed by atoms with van der Waals surface area (Å²) >= 11 is 0. The van der Waals surface area contributed by atoms with Gasteiger partial charge in [-0.1, -0.05) is 12.1 Å². The number of morpholine rings is 2. The van der Waals surface area contributed by atoms with Gasteiger partial charge in [0, 0.05) is 55.0 Å². The Morgan fingerprint density at radius 1 is 0.971 bits per heavy atom.